The number of aryl methyl sites for hydroxylation is 1. The van der Waals surface area contributed by atoms with Crippen molar-refractivity contribution in [3.05, 3.63) is 24.0 Å². The molecule has 0 spiro atoms. The van der Waals surface area contributed by atoms with E-state index >= 15 is 0 Å². The molecule has 0 saturated carbocycles. The van der Waals surface area contributed by atoms with Gasteiger partial charge in [-0.2, -0.15) is 0 Å². The fourth-order valence-electron chi connectivity index (χ4n) is 1.32. The van der Waals surface area contributed by atoms with E-state index in [1.54, 1.807) is 13.2 Å². The largest absolute Gasteiger partial charge is 0.497 e. The molecule has 0 fully saturated rings. The molecule has 0 radical (unpaired) electrons. The lowest BCUT2D eigenvalue weighted by Gasteiger charge is -2.07. The van der Waals surface area contributed by atoms with Gasteiger partial charge < -0.3 is 15.0 Å². The van der Waals surface area contributed by atoms with Crippen LogP contribution < -0.4 is 10.5 Å². The summed E-state index contributed by atoms with van der Waals surface area (Å²) in [5, 5.41) is 8.90. The predicted molar refractivity (Wildman–Crippen MR) is 67.3 cm³/mol. The first-order chi connectivity index (χ1) is 8.11. The highest BCUT2D eigenvalue weighted by Gasteiger charge is 2.09. The van der Waals surface area contributed by atoms with E-state index in [4.69, 9.17) is 10.5 Å². The molecule has 0 unspecified atom stereocenters. The number of anilines is 1. The zero-order valence-electron chi connectivity index (χ0n) is 9.97. The van der Waals surface area contributed by atoms with Crippen molar-refractivity contribution >= 4 is 17.4 Å². The zero-order valence-corrected chi connectivity index (χ0v) is 10.8. The van der Waals surface area contributed by atoms with Crippen LogP contribution in [0, 0.1) is 6.92 Å². The van der Waals surface area contributed by atoms with Crippen molar-refractivity contribution in [2.45, 2.75) is 17.0 Å². The maximum absolute atomic E-state index is 5.94. The number of aromatic nitrogens is 3. The average molecular weight is 250 g/mol. The molecule has 2 rings (SSSR count). The molecule has 2 aromatic rings. The van der Waals surface area contributed by atoms with E-state index in [2.05, 4.69) is 10.2 Å². The zero-order chi connectivity index (χ0) is 12.4. The van der Waals surface area contributed by atoms with Crippen LogP contribution in [0.1, 0.15) is 5.82 Å². The van der Waals surface area contributed by atoms with Crippen LogP contribution in [0.25, 0.3) is 0 Å². The normalized spacial score (nSPS) is 10.5. The molecule has 6 heteroatoms. The Hall–Kier alpha value is -1.69. The summed E-state index contributed by atoms with van der Waals surface area (Å²) in [7, 11) is 3.55. The molecule has 17 heavy (non-hydrogen) atoms. The number of hydrogen-bond acceptors (Lipinski definition) is 5. The summed E-state index contributed by atoms with van der Waals surface area (Å²) >= 11 is 1.49. The molecule has 0 saturated heterocycles. The monoisotopic (exact) mass is 250 g/mol. The summed E-state index contributed by atoms with van der Waals surface area (Å²) in [6.45, 7) is 1.91. The Bertz CT molecular complexity index is 538. The van der Waals surface area contributed by atoms with Gasteiger partial charge in [-0.3, -0.25) is 0 Å². The van der Waals surface area contributed by atoms with Gasteiger partial charge in [-0.05, 0) is 30.8 Å². The summed E-state index contributed by atoms with van der Waals surface area (Å²) in [4.78, 5) is 0.946. The van der Waals surface area contributed by atoms with E-state index in [1.807, 2.05) is 30.7 Å². The summed E-state index contributed by atoms with van der Waals surface area (Å²) in [5.41, 5.74) is 6.62. The van der Waals surface area contributed by atoms with Crippen LogP contribution in [-0.4, -0.2) is 21.9 Å². The molecule has 0 aliphatic heterocycles. The van der Waals surface area contributed by atoms with Gasteiger partial charge in [0.2, 0.25) is 0 Å². The fourth-order valence-corrected chi connectivity index (χ4v) is 2.18. The number of benzene rings is 1. The van der Waals surface area contributed by atoms with Crippen molar-refractivity contribution < 1.29 is 4.74 Å². The molecular formula is C11H14N4OS. The second-order valence-corrected chi connectivity index (χ2v) is 4.60. The Morgan fingerprint density at radius 2 is 2.12 bits per heavy atom. The average Bonchev–Trinajstić information content (AvgIpc) is 2.63. The number of hydrogen-bond donors (Lipinski definition) is 1. The Morgan fingerprint density at radius 1 is 1.35 bits per heavy atom. The molecule has 1 aromatic heterocycles. The maximum Gasteiger partial charge on any atom is 0.195 e. The molecule has 0 aliphatic rings. The molecular weight excluding hydrogens is 236 g/mol. The number of rotatable bonds is 3. The molecule has 2 N–H and O–H groups in total. The molecule has 0 amide bonds. The Morgan fingerprint density at radius 3 is 2.65 bits per heavy atom. The summed E-state index contributed by atoms with van der Waals surface area (Å²) in [5.74, 6) is 1.63. The standard InChI is InChI=1S/C11H14N4OS/c1-7-13-14-11(15(7)2)17-10-5-4-8(16-3)6-9(10)12/h4-6H,12H2,1-3H3. The van der Waals surface area contributed by atoms with Gasteiger partial charge in [0.15, 0.2) is 5.16 Å². The Balaban J connectivity index is 2.27. The van der Waals surface area contributed by atoms with Gasteiger partial charge in [0.25, 0.3) is 0 Å². The van der Waals surface area contributed by atoms with Crippen molar-refractivity contribution in [1.29, 1.82) is 0 Å². The van der Waals surface area contributed by atoms with E-state index < -0.39 is 0 Å². The van der Waals surface area contributed by atoms with E-state index in [-0.39, 0.29) is 0 Å². The van der Waals surface area contributed by atoms with Gasteiger partial charge in [-0.15, -0.1) is 10.2 Å². The van der Waals surface area contributed by atoms with Crippen molar-refractivity contribution in [2.75, 3.05) is 12.8 Å². The summed E-state index contributed by atoms with van der Waals surface area (Å²) in [6, 6.07) is 5.59. The van der Waals surface area contributed by atoms with Crippen LogP contribution in [0.15, 0.2) is 28.3 Å². The summed E-state index contributed by atoms with van der Waals surface area (Å²) < 4.78 is 7.03. The van der Waals surface area contributed by atoms with Gasteiger partial charge in [0, 0.05) is 23.7 Å². The number of nitrogens with zero attached hydrogens (tertiary/aromatic N) is 3. The SMILES string of the molecule is COc1ccc(Sc2nnc(C)n2C)c(N)c1. The topological polar surface area (TPSA) is 66.0 Å². The minimum atomic E-state index is 0.676. The molecule has 90 valence electrons. The van der Waals surface area contributed by atoms with E-state index in [1.165, 1.54) is 11.8 Å². The second kappa shape index (κ2) is 4.67. The van der Waals surface area contributed by atoms with Crippen molar-refractivity contribution in [1.82, 2.24) is 14.8 Å². The number of methoxy groups -OCH3 is 1. The summed E-state index contributed by atoms with van der Waals surface area (Å²) in [6.07, 6.45) is 0. The fraction of sp³-hybridized carbons (Fsp3) is 0.273. The smallest absolute Gasteiger partial charge is 0.195 e. The van der Waals surface area contributed by atoms with Gasteiger partial charge >= 0.3 is 0 Å². The number of ether oxygens (including phenoxy) is 1. The van der Waals surface area contributed by atoms with E-state index in [0.29, 0.717) is 5.69 Å². The number of nitrogen functional groups attached to an aromatic ring is 1. The minimum absolute atomic E-state index is 0.676. The maximum atomic E-state index is 5.94. The van der Waals surface area contributed by atoms with Crippen molar-refractivity contribution in [3.8, 4) is 5.75 Å². The highest BCUT2D eigenvalue weighted by Crippen LogP contribution is 2.32. The lowest BCUT2D eigenvalue weighted by molar-refractivity contribution is 0.415. The van der Waals surface area contributed by atoms with Gasteiger partial charge in [0.1, 0.15) is 11.6 Å². The van der Waals surface area contributed by atoms with Crippen LogP contribution in [0.5, 0.6) is 5.75 Å². The van der Waals surface area contributed by atoms with Gasteiger partial charge in [0.05, 0.1) is 7.11 Å². The van der Waals surface area contributed by atoms with Crippen LogP contribution in [0.3, 0.4) is 0 Å². The minimum Gasteiger partial charge on any atom is -0.497 e. The quantitative estimate of drug-likeness (QED) is 0.842. The highest BCUT2D eigenvalue weighted by atomic mass is 32.2. The first kappa shape index (κ1) is 11.8. The van der Waals surface area contributed by atoms with Crippen LogP contribution in [-0.2, 0) is 7.05 Å². The third-order valence-corrected chi connectivity index (χ3v) is 3.60. The Kier molecular flexibility index (Phi) is 3.23. The van der Waals surface area contributed by atoms with Gasteiger partial charge in [-0.1, -0.05) is 0 Å². The van der Waals surface area contributed by atoms with E-state index in [9.17, 15) is 0 Å². The predicted octanol–water partition coefficient (Wildman–Crippen LogP) is 1.87. The van der Waals surface area contributed by atoms with Crippen molar-refractivity contribution in [3.63, 3.8) is 0 Å². The van der Waals surface area contributed by atoms with Crippen molar-refractivity contribution in [2.24, 2.45) is 7.05 Å². The molecule has 0 aliphatic carbocycles. The second-order valence-electron chi connectivity index (χ2n) is 3.59. The van der Waals surface area contributed by atoms with Crippen LogP contribution in [0.2, 0.25) is 0 Å². The number of nitrogens with two attached hydrogens (primary N) is 1. The Labute approximate surface area is 104 Å². The molecule has 5 nitrogen and oxygen atoms in total. The van der Waals surface area contributed by atoms with Crippen LogP contribution in [0.4, 0.5) is 5.69 Å². The molecule has 1 heterocycles. The lowest BCUT2D eigenvalue weighted by Crippen LogP contribution is -1.95. The van der Waals surface area contributed by atoms with Gasteiger partial charge in [-0.25, -0.2) is 0 Å². The van der Waals surface area contributed by atoms with Crippen LogP contribution >= 0.6 is 11.8 Å². The third kappa shape index (κ3) is 2.36. The first-order valence-corrected chi connectivity index (χ1v) is 5.91. The molecule has 0 bridgehead atoms. The third-order valence-electron chi connectivity index (χ3n) is 2.47. The molecule has 1 aromatic carbocycles. The van der Waals surface area contributed by atoms with E-state index in [0.717, 1.165) is 21.6 Å². The first-order valence-electron chi connectivity index (χ1n) is 5.09. The highest BCUT2D eigenvalue weighted by molar-refractivity contribution is 7.99. The molecule has 0 atom stereocenters. The lowest BCUT2D eigenvalue weighted by atomic mass is 10.3.